The molecule has 3 rings (SSSR count). The van der Waals surface area contributed by atoms with Gasteiger partial charge in [0.15, 0.2) is 11.3 Å². The van der Waals surface area contributed by atoms with E-state index < -0.39 is 0 Å². The van der Waals surface area contributed by atoms with E-state index in [1.165, 1.54) is 20.3 Å². The van der Waals surface area contributed by atoms with E-state index in [-0.39, 0.29) is 28.3 Å². The van der Waals surface area contributed by atoms with Crippen LogP contribution in [0.4, 0.5) is 0 Å². The Bertz CT molecular complexity index is 863. The second kappa shape index (κ2) is 4.45. The second-order valence-electron chi connectivity index (χ2n) is 4.26. The van der Waals surface area contributed by atoms with Crippen LogP contribution in [0.15, 0.2) is 39.5 Å². The lowest BCUT2D eigenvalue weighted by Gasteiger charge is -2.11. The zero-order chi connectivity index (χ0) is 14.3. The van der Waals surface area contributed by atoms with Gasteiger partial charge in [-0.05, 0) is 18.2 Å². The summed E-state index contributed by atoms with van der Waals surface area (Å²) in [7, 11) is 2.80. The van der Waals surface area contributed by atoms with E-state index >= 15 is 0 Å². The highest BCUT2D eigenvalue weighted by Gasteiger charge is 2.19. The molecule has 2 aromatic carbocycles. The summed E-state index contributed by atoms with van der Waals surface area (Å²) in [5.41, 5.74) is 0.445. The van der Waals surface area contributed by atoms with Crippen LogP contribution in [0.5, 0.6) is 17.2 Å². The summed E-state index contributed by atoms with van der Waals surface area (Å²) in [6.45, 7) is 0. The highest BCUT2D eigenvalue weighted by atomic mass is 16.5. The number of para-hydroxylation sites is 1. The van der Waals surface area contributed by atoms with E-state index in [1.54, 1.807) is 24.3 Å². The van der Waals surface area contributed by atoms with Crippen LogP contribution in [0.2, 0.25) is 0 Å². The van der Waals surface area contributed by atoms with Crippen molar-refractivity contribution in [1.29, 1.82) is 0 Å². The quantitative estimate of drug-likeness (QED) is 0.726. The van der Waals surface area contributed by atoms with E-state index in [0.717, 1.165) is 0 Å². The molecular formula is C15H12O5. The number of rotatable bonds is 2. The fraction of sp³-hybridized carbons (Fsp3) is 0.133. The average Bonchev–Trinajstić information content (AvgIpc) is 2.47. The van der Waals surface area contributed by atoms with Crippen molar-refractivity contribution < 1.29 is 19.0 Å². The summed E-state index contributed by atoms with van der Waals surface area (Å²) in [5.74, 6) is 0.0556. The van der Waals surface area contributed by atoms with Gasteiger partial charge in [0.1, 0.15) is 5.58 Å². The van der Waals surface area contributed by atoms with Crippen LogP contribution < -0.4 is 14.9 Å². The Kier molecular flexibility index (Phi) is 2.75. The lowest BCUT2D eigenvalue weighted by atomic mass is 10.1. The van der Waals surface area contributed by atoms with Gasteiger partial charge in [0, 0.05) is 0 Å². The van der Waals surface area contributed by atoms with E-state index in [4.69, 9.17) is 13.9 Å². The Labute approximate surface area is 114 Å². The van der Waals surface area contributed by atoms with Crippen molar-refractivity contribution in [3.8, 4) is 17.2 Å². The van der Waals surface area contributed by atoms with Gasteiger partial charge in [0.05, 0.1) is 25.0 Å². The van der Waals surface area contributed by atoms with Crippen molar-refractivity contribution >= 4 is 21.9 Å². The molecular weight excluding hydrogens is 260 g/mol. The monoisotopic (exact) mass is 272 g/mol. The molecule has 3 aromatic rings. The number of phenols is 1. The molecule has 0 aliphatic rings. The second-order valence-corrected chi connectivity index (χ2v) is 4.26. The van der Waals surface area contributed by atoms with Gasteiger partial charge in [-0.1, -0.05) is 12.1 Å². The Hall–Kier alpha value is -2.69. The zero-order valence-electron chi connectivity index (χ0n) is 11.0. The van der Waals surface area contributed by atoms with Gasteiger partial charge >= 0.3 is 0 Å². The van der Waals surface area contributed by atoms with E-state index in [1.807, 2.05) is 0 Å². The number of phenolic OH excluding ortho intramolecular Hbond substituents is 1. The summed E-state index contributed by atoms with van der Waals surface area (Å²) >= 11 is 0. The first-order valence-electron chi connectivity index (χ1n) is 5.97. The van der Waals surface area contributed by atoms with Gasteiger partial charge in [0.25, 0.3) is 0 Å². The molecule has 0 fully saturated rings. The lowest BCUT2D eigenvalue weighted by molar-refractivity contribution is 0.339. The third-order valence-corrected chi connectivity index (χ3v) is 3.19. The molecule has 1 aromatic heterocycles. The molecule has 0 aliphatic carbocycles. The maximum absolute atomic E-state index is 12.5. The first-order valence-corrected chi connectivity index (χ1v) is 5.97. The predicted molar refractivity (Wildman–Crippen MR) is 74.8 cm³/mol. The molecule has 0 radical (unpaired) electrons. The third-order valence-electron chi connectivity index (χ3n) is 3.19. The Balaban J connectivity index is 2.58. The number of hydrogen-bond acceptors (Lipinski definition) is 5. The highest BCUT2D eigenvalue weighted by molar-refractivity contribution is 5.95. The minimum atomic E-state index is -0.196. The molecule has 0 amide bonds. The minimum Gasteiger partial charge on any atom is -0.502 e. The van der Waals surface area contributed by atoms with Gasteiger partial charge in [-0.2, -0.15) is 0 Å². The predicted octanol–water partition coefficient (Wildman–Crippen LogP) is 2.67. The van der Waals surface area contributed by atoms with Crippen LogP contribution in [0.1, 0.15) is 0 Å². The Morgan fingerprint density at radius 2 is 1.85 bits per heavy atom. The summed E-state index contributed by atoms with van der Waals surface area (Å²) in [6, 6.07) is 8.36. The molecule has 102 valence electrons. The van der Waals surface area contributed by atoms with Crippen LogP contribution in [-0.4, -0.2) is 19.3 Å². The molecule has 1 heterocycles. The molecule has 0 bridgehead atoms. The summed E-state index contributed by atoms with van der Waals surface area (Å²) in [4.78, 5) is 12.5. The summed E-state index contributed by atoms with van der Waals surface area (Å²) in [5, 5.41) is 10.8. The van der Waals surface area contributed by atoms with Crippen LogP contribution in [0.25, 0.3) is 21.9 Å². The van der Waals surface area contributed by atoms with Crippen molar-refractivity contribution in [2.45, 2.75) is 0 Å². The van der Waals surface area contributed by atoms with Crippen molar-refractivity contribution in [3.05, 3.63) is 40.6 Å². The van der Waals surface area contributed by atoms with E-state index in [9.17, 15) is 9.90 Å². The average molecular weight is 272 g/mol. The molecule has 0 saturated heterocycles. The largest absolute Gasteiger partial charge is 0.502 e. The third kappa shape index (κ3) is 1.60. The van der Waals surface area contributed by atoms with Crippen LogP contribution in [-0.2, 0) is 0 Å². The molecule has 20 heavy (non-hydrogen) atoms. The molecule has 0 aliphatic heterocycles. The number of methoxy groups -OCH3 is 2. The van der Waals surface area contributed by atoms with Crippen molar-refractivity contribution in [1.82, 2.24) is 0 Å². The number of hydrogen-bond donors (Lipinski definition) is 1. The highest BCUT2D eigenvalue weighted by Crippen LogP contribution is 2.42. The zero-order valence-corrected chi connectivity index (χ0v) is 11.0. The summed E-state index contributed by atoms with van der Waals surface area (Å²) in [6.07, 6.45) is 0. The standard InChI is InChI=1S/C15H12O5/c1-18-11-7-9-12(16)8-5-3-4-6-10(8)20-14(9)15(19-2)13(11)17/h3-7,17H,1-2H3. The maximum atomic E-state index is 12.5. The van der Waals surface area contributed by atoms with Gasteiger partial charge < -0.3 is 19.0 Å². The normalized spacial score (nSPS) is 10.9. The van der Waals surface area contributed by atoms with Crippen LogP contribution in [0, 0.1) is 0 Å². The maximum Gasteiger partial charge on any atom is 0.208 e. The molecule has 0 unspecified atom stereocenters. The van der Waals surface area contributed by atoms with E-state index in [0.29, 0.717) is 16.4 Å². The molecule has 0 atom stereocenters. The molecule has 0 spiro atoms. The van der Waals surface area contributed by atoms with Gasteiger partial charge in [0.2, 0.25) is 16.9 Å². The van der Waals surface area contributed by atoms with Crippen molar-refractivity contribution in [2.24, 2.45) is 0 Å². The minimum absolute atomic E-state index is 0.0854. The molecule has 0 saturated carbocycles. The molecule has 1 N–H and O–H groups in total. The van der Waals surface area contributed by atoms with Gasteiger partial charge in [-0.15, -0.1) is 0 Å². The van der Waals surface area contributed by atoms with Crippen LogP contribution in [0.3, 0.4) is 0 Å². The topological polar surface area (TPSA) is 68.9 Å². The Morgan fingerprint density at radius 1 is 1.10 bits per heavy atom. The first kappa shape index (κ1) is 12.3. The fourth-order valence-corrected chi connectivity index (χ4v) is 2.22. The fourth-order valence-electron chi connectivity index (χ4n) is 2.22. The molecule has 5 heteroatoms. The lowest BCUT2D eigenvalue weighted by Crippen LogP contribution is -2.03. The smallest absolute Gasteiger partial charge is 0.208 e. The first-order chi connectivity index (χ1) is 9.67. The van der Waals surface area contributed by atoms with Gasteiger partial charge in [-0.25, -0.2) is 0 Å². The SMILES string of the molecule is COc1cc2c(=O)c3ccccc3oc2c(OC)c1O. The number of benzene rings is 2. The van der Waals surface area contributed by atoms with Crippen molar-refractivity contribution in [3.63, 3.8) is 0 Å². The van der Waals surface area contributed by atoms with Crippen molar-refractivity contribution in [2.75, 3.05) is 14.2 Å². The number of ether oxygens (including phenoxy) is 2. The summed E-state index contributed by atoms with van der Waals surface area (Å²) < 4.78 is 15.9. The number of fused-ring (bicyclic) bond motifs is 2. The van der Waals surface area contributed by atoms with Gasteiger partial charge in [-0.3, -0.25) is 4.79 Å². The number of aromatic hydroxyl groups is 1. The van der Waals surface area contributed by atoms with Crippen LogP contribution >= 0.6 is 0 Å². The Morgan fingerprint density at radius 3 is 2.55 bits per heavy atom. The van der Waals surface area contributed by atoms with E-state index in [2.05, 4.69) is 0 Å². The molecule has 5 nitrogen and oxygen atoms in total.